The van der Waals surface area contributed by atoms with Crippen molar-refractivity contribution in [2.75, 3.05) is 13.1 Å². The Morgan fingerprint density at radius 2 is 1.90 bits per heavy atom. The van der Waals surface area contributed by atoms with E-state index in [-0.39, 0.29) is 5.75 Å². The van der Waals surface area contributed by atoms with E-state index in [0.717, 1.165) is 11.8 Å². The molecular weight excluding hydrogens is 294 g/mol. The molecule has 1 saturated carbocycles. The van der Waals surface area contributed by atoms with E-state index in [1.165, 1.54) is 38.8 Å². The molecular formula is C15H22F2N2OS. The van der Waals surface area contributed by atoms with Gasteiger partial charge in [-0.25, -0.2) is 0 Å². The Balaban J connectivity index is 1.37. The lowest BCUT2D eigenvalue weighted by atomic mass is 10.0. The predicted molar refractivity (Wildman–Crippen MR) is 80.5 cm³/mol. The van der Waals surface area contributed by atoms with Crippen LogP contribution in [0.4, 0.5) is 8.78 Å². The summed E-state index contributed by atoms with van der Waals surface area (Å²) in [5, 5.41) is 3.52. The number of nitrogens with zero attached hydrogens (tertiary/aromatic N) is 1. The fourth-order valence-electron chi connectivity index (χ4n) is 2.89. The van der Waals surface area contributed by atoms with Gasteiger partial charge in [0.05, 0.1) is 12.3 Å². The van der Waals surface area contributed by atoms with E-state index in [2.05, 4.69) is 10.2 Å². The van der Waals surface area contributed by atoms with Crippen molar-refractivity contribution in [1.82, 2.24) is 10.2 Å². The van der Waals surface area contributed by atoms with Crippen LogP contribution < -0.4 is 5.32 Å². The van der Waals surface area contributed by atoms with Crippen LogP contribution in [0, 0.1) is 0 Å². The number of hydrogen-bond acceptors (Lipinski definition) is 4. The summed E-state index contributed by atoms with van der Waals surface area (Å²) in [6, 6.07) is 5.09. The fraction of sp³-hybridized carbons (Fsp3) is 0.733. The molecule has 1 aliphatic heterocycles. The molecule has 3 nitrogen and oxygen atoms in total. The SMILES string of the molecule is FC(F)SCc1ccc(CNC2CCN(C3CC3)CC2)o1. The largest absolute Gasteiger partial charge is 0.464 e. The van der Waals surface area contributed by atoms with Crippen molar-refractivity contribution in [1.29, 1.82) is 0 Å². The Hall–Kier alpha value is -0.590. The van der Waals surface area contributed by atoms with Crippen molar-refractivity contribution in [3.63, 3.8) is 0 Å². The Bertz CT molecular complexity index is 443. The van der Waals surface area contributed by atoms with Crippen LogP contribution in [-0.4, -0.2) is 35.8 Å². The zero-order valence-corrected chi connectivity index (χ0v) is 12.9. The van der Waals surface area contributed by atoms with Gasteiger partial charge in [-0.15, -0.1) is 0 Å². The Morgan fingerprint density at radius 1 is 1.19 bits per heavy atom. The minimum Gasteiger partial charge on any atom is -0.464 e. The quantitative estimate of drug-likeness (QED) is 0.834. The maximum absolute atomic E-state index is 12.1. The van der Waals surface area contributed by atoms with Crippen LogP contribution in [0.15, 0.2) is 16.5 Å². The molecule has 2 aliphatic rings. The summed E-state index contributed by atoms with van der Waals surface area (Å²) in [6.07, 6.45) is 5.13. The van der Waals surface area contributed by atoms with Crippen molar-refractivity contribution in [3.8, 4) is 0 Å². The monoisotopic (exact) mass is 316 g/mol. The lowest BCUT2D eigenvalue weighted by Crippen LogP contribution is -2.43. The third-order valence-corrected chi connectivity index (χ3v) is 4.93. The van der Waals surface area contributed by atoms with Crippen LogP contribution in [0.3, 0.4) is 0 Å². The number of thioether (sulfide) groups is 1. The standard InChI is InChI=1S/C15H22F2N2OS/c16-15(17)21-10-14-4-3-13(20-14)9-18-11-5-7-19(8-6-11)12-1-2-12/h3-4,11-12,15,18H,1-2,5-10H2. The van der Waals surface area contributed by atoms with Gasteiger partial charge in [0.25, 0.3) is 5.76 Å². The molecule has 3 rings (SSSR count). The molecule has 2 fully saturated rings. The van der Waals surface area contributed by atoms with Crippen molar-refractivity contribution in [2.24, 2.45) is 0 Å². The molecule has 1 aromatic rings. The lowest BCUT2D eigenvalue weighted by Gasteiger charge is -2.32. The van der Waals surface area contributed by atoms with Gasteiger partial charge in [0.1, 0.15) is 11.5 Å². The smallest absolute Gasteiger partial charge is 0.284 e. The van der Waals surface area contributed by atoms with Crippen LogP contribution >= 0.6 is 11.8 Å². The van der Waals surface area contributed by atoms with Gasteiger partial charge in [-0.05, 0) is 50.9 Å². The molecule has 21 heavy (non-hydrogen) atoms. The van der Waals surface area contributed by atoms with Gasteiger partial charge in [-0.3, -0.25) is 0 Å². The molecule has 1 N–H and O–H groups in total. The minimum absolute atomic E-state index is 0.234. The molecule has 0 unspecified atom stereocenters. The van der Waals surface area contributed by atoms with Crippen molar-refractivity contribution < 1.29 is 13.2 Å². The maximum Gasteiger partial charge on any atom is 0.284 e. The maximum atomic E-state index is 12.1. The highest BCUT2D eigenvalue weighted by Crippen LogP contribution is 2.29. The second-order valence-electron chi connectivity index (χ2n) is 5.86. The molecule has 0 radical (unpaired) electrons. The molecule has 6 heteroatoms. The van der Waals surface area contributed by atoms with Crippen molar-refractivity contribution >= 4 is 11.8 Å². The lowest BCUT2D eigenvalue weighted by molar-refractivity contribution is 0.187. The van der Waals surface area contributed by atoms with Crippen LogP contribution in [0.5, 0.6) is 0 Å². The Morgan fingerprint density at radius 3 is 2.57 bits per heavy atom. The molecule has 0 atom stereocenters. The van der Waals surface area contributed by atoms with Crippen LogP contribution in [-0.2, 0) is 12.3 Å². The average Bonchev–Trinajstić information content (AvgIpc) is 3.23. The minimum atomic E-state index is -2.34. The highest BCUT2D eigenvalue weighted by atomic mass is 32.2. The van der Waals surface area contributed by atoms with Gasteiger partial charge in [0, 0.05) is 12.1 Å². The summed E-state index contributed by atoms with van der Waals surface area (Å²) >= 11 is 0.600. The first-order valence-corrected chi connectivity index (χ1v) is 8.70. The fourth-order valence-corrected chi connectivity index (χ4v) is 3.34. The first-order valence-electron chi connectivity index (χ1n) is 7.65. The van der Waals surface area contributed by atoms with Crippen molar-refractivity contribution in [2.45, 2.75) is 55.8 Å². The topological polar surface area (TPSA) is 28.4 Å². The second-order valence-corrected chi connectivity index (χ2v) is 6.84. The highest BCUT2D eigenvalue weighted by molar-refractivity contribution is 7.98. The number of alkyl halides is 2. The van der Waals surface area contributed by atoms with Gasteiger partial charge >= 0.3 is 0 Å². The summed E-state index contributed by atoms with van der Waals surface area (Å²) in [7, 11) is 0. The molecule has 2 heterocycles. The molecule has 0 bridgehead atoms. The normalized spacial score (nSPS) is 21.3. The molecule has 0 spiro atoms. The van der Waals surface area contributed by atoms with Gasteiger partial charge < -0.3 is 14.6 Å². The van der Waals surface area contributed by atoms with Crippen molar-refractivity contribution in [3.05, 3.63) is 23.7 Å². The van der Waals surface area contributed by atoms with Crippen LogP contribution in [0.2, 0.25) is 0 Å². The molecule has 1 aliphatic carbocycles. The van der Waals surface area contributed by atoms with Gasteiger partial charge in [0.2, 0.25) is 0 Å². The van der Waals surface area contributed by atoms with E-state index < -0.39 is 5.76 Å². The zero-order chi connectivity index (χ0) is 14.7. The molecule has 118 valence electrons. The number of likely N-dealkylation sites (tertiary alicyclic amines) is 1. The van der Waals surface area contributed by atoms with Gasteiger partial charge in [-0.1, -0.05) is 11.8 Å². The third kappa shape index (κ3) is 4.69. The average molecular weight is 316 g/mol. The van der Waals surface area contributed by atoms with E-state index in [1.807, 2.05) is 6.07 Å². The number of furan rings is 1. The molecule has 1 saturated heterocycles. The number of rotatable bonds is 7. The van der Waals surface area contributed by atoms with Crippen LogP contribution in [0.1, 0.15) is 37.2 Å². The molecule has 0 amide bonds. The number of nitrogens with one attached hydrogen (secondary N) is 1. The van der Waals surface area contributed by atoms with E-state index in [0.29, 0.717) is 30.1 Å². The molecule has 0 aromatic carbocycles. The van der Waals surface area contributed by atoms with E-state index in [4.69, 9.17) is 4.42 Å². The second kappa shape index (κ2) is 7.11. The Kier molecular flexibility index (Phi) is 5.19. The summed E-state index contributed by atoms with van der Waals surface area (Å²) in [6.45, 7) is 3.07. The van der Waals surface area contributed by atoms with E-state index in [9.17, 15) is 8.78 Å². The predicted octanol–water partition coefficient (Wildman–Crippen LogP) is 3.45. The summed E-state index contributed by atoms with van der Waals surface area (Å²) in [5.74, 6) is -0.643. The summed E-state index contributed by atoms with van der Waals surface area (Å²) in [5.41, 5.74) is 0. The van der Waals surface area contributed by atoms with E-state index >= 15 is 0 Å². The van der Waals surface area contributed by atoms with E-state index in [1.54, 1.807) is 6.07 Å². The number of halogens is 2. The van der Waals surface area contributed by atoms with Crippen LogP contribution in [0.25, 0.3) is 0 Å². The van der Waals surface area contributed by atoms with Gasteiger partial charge in [-0.2, -0.15) is 8.78 Å². The zero-order valence-electron chi connectivity index (χ0n) is 12.1. The number of hydrogen-bond donors (Lipinski definition) is 1. The summed E-state index contributed by atoms with van der Waals surface area (Å²) < 4.78 is 29.8. The highest BCUT2D eigenvalue weighted by Gasteiger charge is 2.31. The third-order valence-electron chi connectivity index (χ3n) is 4.23. The first kappa shape index (κ1) is 15.3. The Labute approximate surface area is 128 Å². The summed E-state index contributed by atoms with van der Waals surface area (Å²) in [4.78, 5) is 2.60. The first-order chi connectivity index (χ1) is 10.2. The van der Waals surface area contributed by atoms with Gasteiger partial charge in [0.15, 0.2) is 0 Å². The molecule has 1 aromatic heterocycles. The number of piperidine rings is 1.